The number of anilines is 1. The SMILES string of the molecule is CCN(C)c1ccc(C(=O)NCC(O)COc2cccc(C)c2)cc1. The van der Waals surface area contributed by atoms with Gasteiger partial charge in [-0.05, 0) is 55.8 Å². The van der Waals surface area contributed by atoms with Gasteiger partial charge in [0.25, 0.3) is 5.91 Å². The molecule has 1 atom stereocenters. The molecule has 0 spiro atoms. The second-order valence-corrected chi connectivity index (χ2v) is 6.05. The van der Waals surface area contributed by atoms with Crippen molar-refractivity contribution in [3.8, 4) is 5.75 Å². The number of amides is 1. The third-order valence-corrected chi connectivity index (χ3v) is 3.97. The van der Waals surface area contributed by atoms with E-state index >= 15 is 0 Å². The minimum atomic E-state index is -0.769. The number of nitrogens with zero attached hydrogens (tertiary/aromatic N) is 1. The predicted molar refractivity (Wildman–Crippen MR) is 100 cm³/mol. The topological polar surface area (TPSA) is 61.8 Å². The average Bonchev–Trinajstić information content (AvgIpc) is 2.64. The van der Waals surface area contributed by atoms with Gasteiger partial charge in [-0.1, -0.05) is 12.1 Å². The van der Waals surface area contributed by atoms with Crippen molar-refractivity contribution in [3.05, 3.63) is 59.7 Å². The van der Waals surface area contributed by atoms with Gasteiger partial charge in [-0.15, -0.1) is 0 Å². The van der Waals surface area contributed by atoms with Crippen molar-refractivity contribution in [3.63, 3.8) is 0 Å². The summed E-state index contributed by atoms with van der Waals surface area (Å²) in [5, 5.41) is 12.7. The zero-order valence-corrected chi connectivity index (χ0v) is 15.0. The van der Waals surface area contributed by atoms with E-state index in [4.69, 9.17) is 4.74 Å². The molecule has 0 fully saturated rings. The molecule has 2 rings (SSSR count). The molecule has 5 nitrogen and oxygen atoms in total. The number of benzene rings is 2. The highest BCUT2D eigenvalue weighted by Crippen LogP contribution is 2.14. The number of hydrogen-bond donors (Lipinski definition) is 2. The summed E-state index contributed by atoms with van der Waals surface area (Å²) in [6.45, 7) is 5.22. The van der Waals surface area contributed by atoms with Gasteiger partial charge in [-0.3, -0.25) is 4.79 Å². The summed E-state index contributed by atoms with van der Waals surface area (Å²) >= 11 is 0. The van der Waals surface area contributed by atoms with E-state index in [-0.39, 0.29) is 19.1 Å². The van der Waals surface area contributed by atoms with Gasteiger partial charge in [-0.25, -0.2) is 0 Å². The lowest BCUT2D eigenvalue weighted by molar-refractivity contribution is 0.0843. The third kappa shape index (κ3) is 5.80. The average molecular weight is 342 g/mol. The Morgan fingerprint density at radius 3 is 2.60 bits per heavy atom. The van der Waals surface area contributed by atoms with Crippen LogP contribution in [0.4, 0.5) is 5.69 Å². The summed E-state index contributed by atoms with van der Waals surface area (Å²) in [6.07, 6.45) is -0.769. The first-order valence-corrected chi connectivity index (χ1v) is 8.46. The molecular weight excluding hydrogens is 316 g/mol. The van der Waals surface area contributed by atoms with Crippen molar-refractivity contribution in [1.29, 1.82) is 0 Å². The van der Waals surface area contributed by atoms with Crippen LogP contribution >= 0.6 is 0 Å². The van der Waals surface area contributed by atoms with Gasteiger partial charge in [0.2, 0.25) is 0 Å². The van der Waals surface area contributed by atoms with Gasteiger partial charge >= 0.3 is 0 Å². The third-order valence-electron chi connectivity index (χ3n) is 3.97. The number of nitrogens with one attached hydrogen (secondary N) is 1. The summed E-state index contributed by atoms with van der Waals surface area (Å²) in [5.74, 6) is 0.501. The first-order chi connectivity index (χ1) is 12.0. The number of aliphatic hydroxyl groups is 1. The molecule has 0 aromatic heterocycles. The maximum atomic E-state index is 12.1. The van der Waals surface area contributed by atoms with E-state index in [9.17, 15) is 9.90 Å². The molecule has 2 N–H and O–H groups in total. The highest BCUT2D eigenvalue weighted by molar-refractivity contribution is 5.94. The van der Waals surface area contributed by atoms with Crippen LogP contribution in [0.1, 0.15) is 22.8 Å². The minimum Gasteiger partial charge on any atom is -0.491 e. The van der Waals surface area contributed by atoms with Crippen LogP contribution in [-0.4, -0.2) is 43.9 Å². The van der Waals surface area contributed by atoms with Gasteiger partial charge < -0.3 is 20.1 Å². The molecule has 0 bridgehead atoms. The molecule has 25 heavy (non-hydrogen) atoms. The van der Waals surface area contributed by atoms with Crippen molar-refractivity contribution in [1.82, 2.24) is 5.32 Å². The van der Waals surface area contributed by atoms with Crippen LogP contribution in [0.5, 0.6) is 5.75 Å². The van der Waals surface area contributed by atoms with Gasteiger partial charge in [-0.2, -0.15) is 0 Å². The molecule has 0 saturated carbocycles. The zero-order valence-electron chi connectivity index (χ0n) is 15.0. The quantitative estimate of drug-likeness (QED) is 0.774. The Labute approximate surface area is 149 Å². The normalized spacial score (nSPS) is 11.7. The van der Waals surface area contributed by atoms with E-state index < -0.39 is 6.10 Å². The summed E-state index contributed by atoms with van der Waals surface area (Å²) in [5.41, 5.74) is 2.73. The van der Waals surface area contributed by atoms with E-state index in [1.54, 1.807) is 12.1 Å². The van der Waals surface area contributed by atoms with E-state index in [0.717, 1.165) is 17.8 Å². The molecule has 0 radical (unpaired) electrons. The van der Waals surface area contributed by atoms with Crippen LogP contribution < -0.4 is 15.0 Å². The number of hydrogen-bond acceptors (Lipinski definition) is 4. The number of ether oxygens (including phenoxy) is 1. The van der Waals surface area contributed by atoms with E-state index in [1.165, 1.54) is 0 Å². The standard InChI is InChI=1S/C20H26N2O3/c1-4-22(3)17-10-8-16(9-11-17)20(24)21-13-18(23)14-25-19-7-5-6-15(2)12-19/h5-12,18,23H,4,13-14H2,1-3H3,(H,21,24). The van der Waals surface area contributed by atoms with Crippen LogP contribution in [0.25, 0.3) is 0 Å². The fraction of sp³-hybridized carbons (Fsp3) is 0.350. The highest BCUT2D eigenvalue weighted by atomic mass is 16.5. The van der Waals surface area contributed by atoms with Crippen molar-refractivity contribution < 1.29 is 14.6 Å². The van der Waals surface area contributed by atoms with E-state index in [0.29, 0.717) is 11.3 Å². The van der Waals surface area contributed by atoms with Crippen molar-refractivity contribution in [2.45, 2.75) is 20.0 Å². The molecule has 5 heteroatoms. The number of aliphatic hydroxyl groups excluding tert-OH is 1. The molecule has 2 aromatic carbocycles. The molecule has 1 amide bonds. The van der Waals surface area contributed by atoms with Gasteiger partial charge in [0.05, 0.1) is 0 Å². The van der Waals surface area contributed by atoms with Crippen molar-refractivity contribution >= 4 is 11.6 Å². The molecule has 134 valence electrons. The van der Waals surface area contributed by atoms with Crippen LogP contribution in [0.15, 0.2) is 48.5 Å². The molecule has 0 aliphatic carbocycles. The maximum Gasteiger partial charge on any atom is 0.251 e. The summed E-state index contributed by atoms with van der Waals surface area (Å²) in [6, 6.07) is 15.0. The first kappa shape index (κ1) is 18.8. The lowest BCUT2D eigenvalue weighted by Crippen LogP contribution is -2.35. The minimum absolute atomic E-state index is 0.129. The number of carbonyl (C=O) groups excluding carboxylic acids is 1. The Balaban J connectivity index is 1.78. The molecular formula is C20H26N2O3. The van der Waals surface area contributed by atoms with Crippen molar-refractivity contribution in [2.24, 2.45) is 0 Å². The van der Waals surface area contributed by atoms with Gasteiger partial charge in [0.1, 0.15) is 18.5 Å². The van der Waals surface area contributed by atoms with Crippen LogP contribution in [0.3, 0.4) is 0 Å². The largest absolute Gasteiger partial charge is 0.491 e. The molecule has 0 saturated heterocycles. The fourth-order valence-corrected chi connectivity index (χ4v) is 2.32. The Bertz CT molecular complexity index is 686. The Morgan fingerprint density at radius 1 is 1.24 bits per heavy atom. The highest BCUT2D eigenvalue weighted by Gasteiger charge is 2.10. The van der Waals surface area contributed by atoms with Gasteiger partial charge in [0, 0.05) is 31.4 Å². The molecule has 2 aromatic rings. The van der Waals surface area contributed by atoms with Crippen LogP contribution in [-0.2, 0) is 0 Å². The summed E-state index contributed by atoms with van der Waals surface area (Å²) < 4.78 is 5.53. The monoisotopic (exact) mass is 342 g/mol. The number of aryl methyl sites for hydroxylation is 1. The second-order valence-electron chi connectivity index (χ2n) is 6.05. The Kier molecular flexibility index (Phi) is 6.83. The zero-order chi connectivity index (χ0) is 18.2. The fourth-order valence-electron chi connectivity index (χ4n) is 2.32. The van der Waals surface area contributed by atoms with Crippen LogP contribution in [0.2, 0.25) is 0 Å². The van der Waals surface area contributed by atoms with E-state index in [2.05, 4.69) is 17.1 Å². The first-order valence-electron chi connectivity index (χ1n) is 8.46. The summed E-state index contributed by atoms with van der Waals surface area (Å²) in [4.78, 5) is 14.2. The maximum absolute atomic E-state index is 12.1. The summed E-state index contributed by atoms with van der Waals surface area (Å²) in [7, 11) is 2.00. The number of rotatable bonds is 8. The molecule has 0 aliphatic heterocycles. The molecule has 0 heterocycles. The second kappa shape index (κ2) is 9.08. The lowest BCUT2D eigenvalue weighted by Gasteiger charge is -2.17. The Morgan fingerprint density at radius 2 is 1.96 bits per heavy atom. The molecule has 1 unspecified atom stereocenters. The van der Waals surface area contributed by atoms with Crippen molar-refractivity contribution in [2.75, 3.05) is 31.6 Å². The lowest BCUT2D eigenvalue weighted by atomic mass is 10.2. The predicted octanol–water partition coefficient (Wildman–Crippen LogP) is 2.62. The smallest absolute Gasteiger partial charge is 0.251 e. The van der Waals surface area contributed by atoms with E-state index in [1.807, 2.05) is 50.4 Å². The Hall–Kier alpha value is -2.53. The molecule has 0 aliphatic rings. The van der Waals surface area contributed by atoms with Crippen LogP contribution in [0, 0.1) is 6.92 Å². The number of carbonyl (C=O) groups is 1. The van der Waals surface area contributed by atoms with Gasteiger partial charge in [0.15, 0.2) is 0 Å².